The lowest BCUT2D eigenvalue weighted by Crippen LogP contribution is -2.30. The maximum Gasteiger partial charge on any atom is 0.265 e. The zero-order chi connectivity index (χ0) is 15.4. The number of halogens is 2. The van der Waals surface area contributed by atoms with E-state index in [-0.39, 0.29) is 5.91 Å². The highest BCUT2D eigenvalue weighted by Crippen LogP contribution is 2.24. The van der Waals surface area contributed by atoms with Crippen molar-refractivity contribution in [3.8, 4) is 5.75 Å². The van der Waals surface area contributed by atoms with Gasteiger partial charge in [0, 0.05) is 5.69 Å². The van der Waals surface area contributed by atoms with Gasteiger partial charge in [0.15, 0.2) is 6.10 Å². The van der Waals surface area contributed by atoms with E-state index >= 15 is 0 Å². The smallest absolute Gasteiger partial charge is 0.265 e. The molecule has 0 bridgehead atoms. The number of amides is 1. The van der Waals surface area contributed by atoms with Crippen LogP contribution in [0.4, 0.5) is 10.1 Å². The van der Waals surface area contributed by atoms with Crippen LogP contribution in [0.1, 0.15) is 12.5 Å². The summed E-state index contributed by atoms with van der Waals surface area (Å²) in [4.78, 5) is 12.1. The Bertz CT molecular complexity index is 660. The third kappa shape index (κ3) is 3.95. The highest BCUT2D eigenvalue weighted by atomic mass is 35.5. The van der Waals surface area contributed by atoms with Crippen LogP contribution in [0.5, 0.6) is 5.75 Å². The summed E-state index contributed by atoms with van der Waals surface area (Å²) in [7, 11) is 0. The van der Waals surface area contributed by atoms with E-state index in [0.29, 0.717) is 16.5 Å². The second kappa shape index (κ2) is 6.59. The number of nitrogens with one attached hydrogen (secondary N) is 1. The van der Waals surface area contributed by atoms with E-state index < -0.39 is 11.9 Å². The van der Waals surface area contributed by atoms with Crippen LogP contribution in [0.25, 0.3) is 0 Å². The number of ether oxygens (including phenoxy) is 1. The van der Waals surface area contributed by atoms with Crippen molar-refractivity contribution in [2.75, 3.05) is 5.32 Å². The van der Waals surface area contributed by atoms with Gasteiger partial charge >= 0.3 is 0 Å². The third-order valence-corrected chi connectivity index (χ3v) is 3.28. The van der Waals surface area contributed by atoms with Crippen molar-refractivity contribution >= 4 is 23.2 Å². The van der Waals surface area contributed by atoms with E-state index in [0.717, 1.165) is 5.56 Å². The largest absolute Gasteiger partial charge is 0.479 e. The summed E-state index contributed by atoms with van der Waals surface area (Å²) in [5.41, 5.74) is 1.20. The molecule has 21 heavy (non-hydrogen) atoms. The van der Waals surface area contributed by atoms with Gasteiger partial charge < -0.3 is 10.1 Å². The lowest BCUT2D eigenvalue weighted by Gasteiger charge is -2.16. The highest BCUT2D eigenvalue weighted by molar-refractivity contribution is 6.32. The van der Waals surface area contributed by atoms with Crippen LogP contribution in [-0.2, 0) is 4.79 Å². The lowest BCUT2D eigenvalue weighted by molar-refractivity contribution is -0.122. The molecule has 1 amide bonds. The second-order valence-corrected chi connectivity index (χ2v) is 5.05. The van der Waals surface area contributed by atoms with Crippen LogP contribution in [0, 0.1) is 12.7 Å². The van der Waals surface area contributed by atoms with Gasteiger partial charge in [-0.05, 0) is 43.7 Å². The van der Waals surface area contributed by atoms with Gasteiger partial charge in [0.25, 0.3) is 5.91 Å². The van der Waals surface area contributed by atoms with Crippen molar-refractivity contribution in [3.63, 3.8) is 0 Å². The summed E-state index contributed by atoms with van der Waals surface area (Å²) in [6, 6.07) is 11.1. The topological polar surface area (TPSA) is 38.3 Å². The number of para-hydroxylation sites is 1. The van der Waals surface area contributed by atoms with E-state index in [1.165, 1.54) is 12.1 Å². The monoisotopic (exact) mass is 307 g/mol. The predicted molar refractivity (Wildman–Crippen MR) is 81.3 cm³/mol. The van der Waals surface area contributed by atoms with Crippen molar-refractivity contribution in [1.29, 1.82) is 0 Å². The highest BCUT2D eigenvalue weighted by Gasteiger charge is 2.17. The molecule has 1 atom stereocenters. The van der Waals surface area contributed by atoms with Gasteiger partial charge in [0.1, 0.15) is 11.6 Å². The van der Waals surface area contributed by atoms with Gasteiger partial charge in [-0.1, -0.05) is 29.8 Å². The molecule has 0 aliphatic carbocycles. The Morgan fingerprint density at radius 3 is 2.71 bits per heavy atom. The molecule has 0 heterocycles. The van der Waals surface area contributed by atoms with Crippen molar-refractivity contribution < 1.29 is 13.9 Å². The molecule has 0 saturated carbocycles. The summed E-state index contributed by atoms with van der Waals surface area (Å²) < 4.78 is 18.7. The van der Waals surface area contributed by atoms with Crippen LogP contribution < -0.4 is 10.1 Å². The summed E-state index contributed by atoms with van der Waals surface area (Å²) in [6.45, 7) is 3.39. The standard InChI is InChI=1S/C16H15ClFNO2/c1-10-7-8-12(18)9-14(10)19-16(20)11(2)21-15-6-4-3-5-13(15)17/h3-9,11H,1-2H3,(H,19,20). The fourth-order valence-corrected chi connectivity index (χ4v) is 1.93. The normalized spacial score (nSPS) is 11.8. The Kier molecular flexibility index (Phi) is 4.81. The molecular formula is C16H15ClFNO2. The van der Waals surface area contributed by atoms with Crippen molar-refractivity contribution in [2.24, 2.45) is 0 Å². The average molecular weight is 308 g/mol. The third-order valence-electron chi connectivity index (χ3n) is 2.97. The Morgan fingerprint density at radius 1 is 1.29 bits per heavy atom. The lowest BCUT2D eigenvalue weighted by atomic mass is 10.2. The number of carbonyl (C=O) groups is 1. The minimum Gasteiger partial charge on any atom is -0.479 e. The number of hydrogen-bond acceptors (Lipinski definition) is 2. The molecule has 0 fully saturated rings. The Hall–Kier alpha value is -2.07. The van der Waals surface area contributed by atoms with Gasteiger partial charge in [0.05, 0.1) is 5.02 Å². The molecule has 110 valence electrons. The first kappa shape index (κ1) is 15.3. The Balaban J connectivity index is 2.06. The maximum absolute atomic E-state index is 13.2. The van der Waals surface area contributed by atoms with Crippen molar-refractivity contribution in [2.45, 2.75) is 20.0 Å². The van der Waals surface area contributed by atoms with Crippen LogP contribution in [0.2, 0.25) is 5.02 Å². The molecule has 0 aliphatic heterocycles. The van der Waals surface area contributed by atoms with Gasteiger partial charge in [-0.3, -0.25) is 4.79 Å². The zero-order valence-corrected chi connectivity index (χ0v) is 12.4. The Morgan fingerprint density at radius 2 is 2.00 bits per heavy atom. The number of benzene rings is 2. The average Bonchev–Trinajstić information content (AvgIpc) is 2.45. The molecule has 5 heteroatoms. The molecule has 2 aromatic rings. The second-order valence-electron chi connectivity index (χ2n) is 4.64. The first-order chi connectivity index (χ1) is 9.97. The van der Waals surface area contributed by atoms with Gasteiger partial charge in [-0.2, -0.15) is 0 Å². The summed E-state index contributed by atoms with van der Waals surface area (Å²) >= 11 is 5.97. The van der Waals surface area contributed by atoms with Crippen LogP contribution in [0.3, 0.4) is 0 Å². The first-order valence-corrected chi connectivity index (χ1v) is 6.83. The van der Waals surface area contributed by atoms with Crippen molar-refractivity contribution in [3.05, 3.63) is 58.9 Å². The predicted octanol–water partition coefficient (Wildman–Crippen LogP) is 4.19. The van der Waals surface area contributed by atoms with Gasteiger partial charge in [-0.25, -0.2) is 4.39 Å². The van der Waals surface area contributed by atoms with Crippen LogP contribution in [0.15, 0.2) is 42.5 Å². The quantitative estimate of drug-likeness (QED) is 0.919. The number of carbonyl (C=O) groups excluding carboxylic acids is 1. The van der Waals surface area contributed by atoms with Crippen molar-refractivity contribution in [1.82, 2.24) is 0 Å². The molecule has 0 radical (unpaired) electrons. The summed E-state index contributed by atoms with van der Waals surface area (Å²) in [6.07, 6.45) is -0.757. The fraction of sp³-hybridized carbons (Fsp3) is 0.188. The number of rotatable bonds is 4. The maximum atomic E-state index is 13.2. The molecule has 2 rings (SSSR count). The first-order valence-electron chi connectivity index (χ1n) is 6.45. The molecule has 1 unspecified atom stereocenters. The van der Waals surface area contributed by atoms with E-state index in [4.69, 9.17) is 16.3 Å². The molecule has 1 N–H and O–H groups in total. The minimum absolute atomic E-state index is 0.372. The molecule has 0 aliphatic rings. The SMILES string of the molecule is Cc1ccc(F)cc1NC(=O)C(C)Oc1ccccc1Cl. The molecule has 0 aromatic heterocycles. The van der Waals surface area contributed by atoms with Gasteiger partial charge in [-0.15, -0.1) is 0 Å². The number of anilines is 1. The van der Waals surface area contributed by atoms with E-state index in [1.807, 2.05) is 0 Å². The van der Waals surface area contributed by atoms with E-state index in [2.05, 4.69) is 5.32 Å². The van der Waals surface area contributed by atoms with Crippen LogP contribution in [-0.4, -0.2) is 12.0 Å². The molecule has 3 nitrogen and oxygen atoms in total. The number of hydrogen-bond donors (Lipinski definition) is 1. The Labute approximate surface area is 127 Å². The molecule has 0 saturated heterocycles. The molecule has 0 spiro atoms. The van der Waals surface area contributed by atoms with E-state index in [1.54, 1.807) is 44.2 Å². The zero-order valence-electron chi connectivity index (χ0n) is 11.7. The van der Waals surface area contributed by atoms with Crippen LogP contribution >= 0.6 is 11.6 Å². The minimum atomic E-state index is -0.757. The number of aryl methyl sites for hydroxylation is 1. The fourth-order valence-electron chi connectivity index (χ4n) is 1.75. The van der Waals surface area contributed by atoms with E-state index in [9.17, 15) is 9.18 Å². The molecule has 2 aromatic carbocycles. The summed E-state index contributed by atoms with van der Waals surface area (Å²) in [5, 5.41) is 3.07. The van der Waals surface area contributed by atoms with Gasteiger partial charge in [0.2, 0.25) is 0 Å². The summed E-state index contributed by atoms with van der Waals surface area (Å²) in [5.74, 6) is -0.350. The molecular weight excluding hydrogens is 293 g/mol.